The molecule has 0 fully saturated rings. The van der Waals surface area contributed by atoms with Gasteiger partial charge >= 0.3 is 0 Å². The fraction of sp³-hybridized carbons (Fsp3) is 0.667. The Morgan fingerprint density at radius 2 is 1.37 bits per heavy atom. The molecule has 108 valence electrons. The lowest BCUT2D eigenvalue weighted by Crippen LogP contribution is -2.24. The second kappa shape index (κ2) is 5.19. The first-order chi connectivity index (χ1) is 8.44. The Morgan fingerprint density at radius 3 is 1.74 bits per heavy atom. The van der Waals surface area contributed by atoms with Crippen LogP contribution in [-0.2, 0) is 17.3 Å². The van der Waals surface area contributed by atoms with Gasteiger partial charge in [-0.3, -0.25) is 0 Å². The third-order valence-electron chi connectivity index (χ3n) is 3.40. The summed E-state index contributed by atoms with van der Waals surface area (Å²) in [4.78, 5) is 0. The number of phenolic OH excluding ortho intramolecular Hbond substituents is 1. The lowest BCUT2D eigenvalue weighted by Gasteiger charge is -2.33. The molecule has 0 atom stereocenters. The molecule has 1 rings (SSSR count). The van der Waals surface area contributed by atoms with Gasteiger partial charge < -0.3 is 5.11 Å². The van der Waals surface area contributed by atoms with E-state index in [1.807, 2.05) is 6.07 Å². The van der Waals surface area contributed by atoms with Gasteiger partial charge in [0.25, 0.3) is 0 Å². The Labute approximate surface area is 119 Å². The lowest BCUT2D eigenvalue weighted by molar-refractivity contribution is 0.432. The molecule has 0 aromatic heterocycles. The second-order valence-corrected chi connectivity index (χ2v) is 8.09. The third-order valence-corrected chi connectivity index (χ3v) is 3.40. The number of rotatable bonds is 2. The van der Waals surface area contributed by atoms with Crippen LogP contribution < -0.4 is 0 Å². The van der Waals surface area contributed by atoms with Gasteiger partial charge in [-0.05, 0) is 40.4 Å². The highest BCUT2D eigenvalue weighted by Crippen LogP contribution is 2.41. The van der Waals surface area contributed by atoms with Crippen molar-refractivity contribution in [2.24, 2.45) is 5.92 Å². The first-order valence-electron chi connectivity index (χ1n) is 7.30. The van der Waals surface area contributed by atoms with Gasteiger partial charge in [-0.2, -0.15) is 0 Å². The van der Waals surface area contributed by atoms with E-state index in [0.717, 1.165) is 12.0 Å². The van der Waals surface area contributed by atoms with Crippen molar-refractivity contribution in [1.82, 2.24) is 0 Å². The molecule has 0 bridgehead atoms. The topological polar surface area (TPSA) is 20.2 Å². The van der Waals surface area contributed by atoms with Crippen LogP contribution in [0.4, 0.5) is 0 Å². The van der Waals surface area contributed by atoms with Crippen LogP contribution in [-0.4, -0.2) is 5.11 Å². The van der Waals surface area contributed by atoms with Crippen molar-refractivity contribution in [3.63, 3.8) is 0 Å². The second-order valence-electron chi connectivity index (χ2n) is 8.09. The maximum atomic E-state index is 10.3. The largest absolute Gasteiger partial charge is 0.508 e. The SMILES string of the molecule is CC(C)Cc1ccc(O)c(C(C)(C)C)c1C(C)(C)C. The molecule has 0 aliphatic rings. The van der Waals surface area contributed by atoms with Gasteiger partial charge in [0.2, 0.25) is 0 Å². The molecule has 0 aliphatic heterocycles. The summed E-state index contributed by atoms with van der Waals surface area (Å²) in [5, 5.41) is 10.3. The molecular formula is C18H30O. The zero-order valence-corrected chi connectivity index (χ0v) is 13.9. The van der Waals surface area contributed by atoms with Crippen molar-refractivity contribution in [2.45, 2.75) is 72.6 Å². The van der Waals surface area contributed by atoms with Gasteiger partial charge in [0.1, 0.15) is 5.75 Å². The summed E-state index contributed by atoms with van der Waals surface area (Å²) >= 11 is 0. The zero-order valence-electron chi connectivity index (χ0n) is 13.9. The molecule has 19 heavy (non-hydrogen) atoms. The summed E-state index contributed by atoms with van der Waals surface area (Å²) in [5.74, 6) is 1.06. The van der Waals surface area contributed by atoms with Crippen LogP contribution in [0, 0.1) is 5.92 Å². The van der Waals surface area contributed by atoms with Crippen LogP contribution in [0.3, 0.4) is 0 Å². The van der Waals surface area contributed by atoms with E-state index < -0.39 is 0 Å². The van der Waals surface area contributed by atoms with E-state index in [4.69, 9.17) is 0 Å². The van der Waals surface area contributed by atoms with Crippen LogP contribution in [0.25, 0.3) is 0 Å². The monoisotopic (exact) mass is 262 g/mol. The fourth-order valence-electron chi connectivity index (χ4n) is 2.86. The molecule has 1 N–H and O–H groups in total. The average molecular weight is 262 g/mol. The normalized spacial score (nSPS) is 13.1. The number of benzene rings is 1. The van der Waals surface area contributed by atoms with Gasteiger partial charge in [-0.25, -0.2) is 0 Å². The Morgan fingerprint density at radius 1 is 0.895 bits per heavy atom. The summed E-state index contributed by atoms with van der Waals surface area (Å²) in [6.45, 7) is 17.7. The molecule has 0 saturated carbocycles. The molecule has 0 radical (unpaired) electrons. The van der Waals surface area contributed by atoms with Crippen LogP contribution >= 0.6 is 0 Å². The molecule has 1 aromatic rings. The molecule has 0 amide bonds. The highest BCUT2D eigenvalue weighted by Gasteiger charge is 2.30. The average Bonchev–Trinajstić information content (AvgIpc) is 2.15. The van der Waals surface area contributed by atoms with Crippen molar-refractivity contribution in [1.29, 1.82) is 0 Å². The molecule has 1 nitrogen and oxygen atoms in total. The van der Waals surface area contributed by atoms with Crippen LogP contribution in [0.1, 0.15) is 72.1 Å². The quantitative estimate of drug-likeness (QED) is 0.778. The highest BCUT2D eigenvalue weighted by atomic mass is 16.3. The lowest BCUT2D eigenvalue weighted by atomic mass is 9.72. The van der Waals surface area contributed by atoms with Crippen molar-refractivity contribution in [3.05, 3.63) is 28.8 Å². The fourth-order valence-corrected chi connectivity index (χ4v) is 2.86. The van der Waals surface area contributed by atoms with E-state index in [2.05, 4.69) is 61.5 Å². The first-order valence-corrected chi connectivity index (χ1v) is 7.30. The van der Waals surface area contributed by atoms with Gasteiger partial charge in [0, 0.05) is 5.56 Å². The molecule has 0 unspecified atom stereocenters. The minimum Gasteiger partial charge on any atom is -0.508 e. The van der Waals surface area contributed by atoms with Crippen molar-refractivity contribution >= 4 is 0 Å². The van der Waals surface area contributed by atoms with Crippen molar-refractivity contribution in [2.75, 3.05) is 0 Å². The minimum absolute atomic E-state index is 0.0420. The van der Waals surface area contributed by atoms with Gasteiger partial charge in [-0.1, -0.05) is 61.5 Å². The van der Waals surface area contributed by atoms with Crippen LogP contribution in [0.5, 0.6) is 5.75 Å². The summed E-state index contributed by atoms with van der Waals surface area (Å²) in [7, 11) is 0. The van der Waals surface area contributed by atoms with Gasteiger partial charge in [0.05, 0.1) is 0 Å². The van der Waals surface area contributed by atoms with E-state index in [0.29, 0.717) is 11.7 Å². The highest BCUT2D eigenvalue weighted by molar-refractivity contribution is 5.51. The molecule has 0 heterocycles. The van der Waals surface area contributed by atoms with Gasteiger partial charge in [0.15, 0.2) is 0 Å². The van der Waals surface area contributed by atoms with Crippen LogP contribution in [0.15, 0.2) is 12.1 Å². The predicted octanol–water partition coefficient (Wildman–Crippen LogP) is 5.19. The molecule has 1 aromatic carbocycles. The first kappa shape index (κ1) is 16.1. The summed E-state index contributed by atoms with van der Waals surface area (Å²) in [6.07, 6.45) is 1.07. The molecule has 0 saturated heterocycles. The Bertz CT molecular complexity index is 442. The summed E-state index contributed by atoms with van der Waals surface area (Å²) < 4.78 is 0. The predicted molar refractivity (Wildman–Crippen MR) is 84.0 cm³/mol. The van der Waals surface area contributed by atoms with Crippen LogP contribution in [0.2, 0.25) is 0 Å². The molecule has 0 aliphatic carbocycles. The Balaban J connectivity index is 3.61. The zero-order chi connectivity index (χ0) is 15.0. The number of hydrogen-bond donors (Lipinski definition) is 1. The van der Waals surface area contributed by atoms with E-state index in [-0.39, 0.29) is 10.8 Å². The molecule has 1 heteroatoms. The van der Waals surface area contributed by atoms with E-state index in [1.165, 1.54) is 11.1 Å². The maximum absolute atomic E-state index is 10.3. The number of hydrogen-bond acceptors (Lipinski definition) is 1. The summed E-state index contributed by atoms with van der Waals surface area (Å²) in [5.41, 5.74) is 3.82. The smallest absolute Gasteiger partial charge is 0.119 e. The van der Waals surface area contributed by atoms with E-state index in [1.54, 1.807) is 0 Å². The molecule has 0 spiro atoms. The number of phenols is 1. The van der Waals surface area contributed by atoms with E-state index >= 15 is 0 Å². The Hall–Kier alpha value is -0.980. The maximum Gasteiger partial charge on any atom is 0.119 e. The number of aromatic hydroxyl groups is 1. The standard InChI is InChI=1S/C18H30O/c1-12(2)11-13-9-10-14(19)16(18(6,7)8)15(13)17(3,4)5/h9-10,12,19H,11H2,1-8H3. The van der Waals surface area contributed by atoms with Gasteiger partial charge in [-0.15, -0.1) is 0 Å². The minimum atomic E-state index is -0.0420. The third kappa shape index (κ3) is 3.75. The van der Waals surface area contributed by atoms with E-state index in [9.17, 15) is 5.11 Å². The van der Waals surface area contributed by atoms with Crippen molar-refractivity contribution < 1.29 is 5.11 Å². The summed E-state index contributed by atoms with van der Waals surface area (Å²) in [6, 6.07) is 3.97. The Kier molecular flexibility index (Phi) is 4.39. The van der Waals surface area contributed by atoms with Crippen molar-refractivity contribution in [3.8, 4) is 5.75 Å². The molecular weight excluding hydrogens is 232 g/mol.